The van der Waals surface area contributed by atoms with E-state index in [-0.39, 0.29) is 18.3 Å². The molecule has 1 N–H and O–H groups in total. The number of methoxy groups -OCH3 is 1. The van der Waals surface area contributed by atoms with Crippen LogP contribution in [0.5, 0.6) is 17.2 Å². The minimum atomic E-state index is -3.80. The van der Waals surface area contributed by atoms with E-state index in [9.17, 15) is 13.2 Å². The van der Waals surface area contributed by atoms with Crippen molar-refractivity contribution in [2.75, 3.05) is 25.2 Å². The van der Waals surface area contributed by atoms with E-state index in [4.69, 9.17) is 14.2 Å². The van der Waals surface area contributed by atoms with E-state index in [1.807, 2.05) is 0 Å². The Balaban J connectivity index is 1.75. The van der Waals surface area contributed by atoms with E-state index in [0.717, 1.165) is 0 Å². The molecule has 1 aliphatic heterocycles. The molecule has 0 bridgehead atoms. The van der Waals surface area contributed by atoms with E-state index < -0.39 is 16.0 Å². The number of carbonyl (C=O) groups is 1. The first kappa shape index (κ1) is 17.9. The summed E-state index contributed by atoms with van der Waals surface area (Å²) in [7, 11) is -2.54. The summed E-state index contributed by atoms with van der Waals surface area (Å²) < 4.78 is 47.9. The summed E-state index contributed by atoms with van der Waals surface area (Å²) in [6, 6.07) is 9.00. The Bertz CT molecular complexity index is 923. The number of sulfonamides is 1. The van der Waals surface area contributed by atoms with Gasteiger partial charge >= 0.3 is 5.97 Å². The third kappa shape index (κ3) is 3.83. The lowest BCUT2D eigenvalue weighted by Crippen LogP contribution is -2.14. The lowest BCUT2D eigenvalue weighted by Gasteiger charge is -2.12. The van der Waals surface area contributed by atoms with E-state index >= 15 is 0 Å². The number of nitrogens with one attached hydrogen (secondary N) is 1. The Morgan fingerprint density at radius 1 is 1.15 bits per heavy atom. The van der Waals surface area contributed by atoms with Crippen LogP contribution < -0.4 is 18.9 Å². The van der Waals surface area contributed by atoms with Crippen molar-refractivity contribution in [2.24, 2.45) is 0 Å². The van der Waals surface area contributed by atoms with Gasteiger partial charge in [-0.25, -0.2) is 13.2 Å². The van der Waals surface area contributed by atoms with Crippen molar-refractivity contribution in [2.45, 2.75) is 11.8 Å². The summed E-state index contributed by atoms with van der Waals surface area (Å²) in [5.41, 5.74) is 1.11. The molecule has 0 aromatic heterocycles. The van der Waals surface area contributed by atoms with Crippen molar-refractivity contribution in [1.29, 1.82) is 0 Å². The minimum absolute atomic E-state index is 0.0555. The van der Waals surface area contributed by atoms with Gasteiger partial charge in [0.15, 0.2) is 18.1 Å². The van der Waals surface area contributed by atoms with Gasteiger partial charge in [0.05, 0.1) is 17.7 Å². The first-order chi connectivity index (χ1) is 12.4. The van der Waals surface area contributed by atoms with Crippen molar-refractivity contribution in [3.05, 3.63) is 42.0 Å². The number of hydrogen-bond donors (Lipinski definition) is 1. The number of hydrogen-bond acceptors (Lipinski definition) is 7. The molecule has 0 atom stereocenters. The number of rotatable bonds is 6. The van der Waals surface area contributed by atoms with Crippen LogP contribution in [0, 0.1) is 6.92 Å². The Kier molecular flexibility index (Phi) is 4.90. The van der Waals surface area contributed by atoms with Gasteiger partial charge in [0, 0.05) is 6.07 Å². The van der Waals surface area contributed by atoms with Crippen LogP contribution in [-0.2, 0) is 19.6 Å². The fraction of sp³-hybridized carbons (Fsp3) is 0.235. The molecule has 0 amide bonds. The second-order valence-electron chi connectivity index (χ2n) is 5.46. The standard InChI is InChI=1S/C17H17NO7S/c1-11-7-15-16(25-10-24-15)8-14(11)18-26(20,21)13-5-3-12(4-6-13)23-9-17(19)22-2/h3-8,18H,9-10H2,1-2H3. The normalized spacial score (nSPS) is 12.5. The Morgan fingerprint density at radius 3 is 2.46 bits per heavy atom. The lowest BCUT2D eigenvalue weighted by atomic mass is 10.2. The lowest BCUT2D eigenvalue weighted by molar-refractivity contribution is -0.142. The number of anilines is 1. The van der Waals surface area contributed by atoms with Crippen molar-refractivity contribution >= 4 is 21.7 Å². The summed E-state index contributed by atoms with van der Waals surface area (Å²) >= 11 is 0. The number of benzene rings is 2. The first-order valence-corrected chi connectivity index (χ1v) is 9.10. The van der Waals surface area contributed by atoms with Gasteiger partial charge in [-0.3, -0.25) is 4.72 Å². The van der Waals surface area contributed by atoms with Crippen LogP contribution in [0.1, 0.15) is 5.56 Å². The van der Waals surface area contributed by atoms with Gasteiger partial charge in [-0.1, -0.05) is 0 Å². The highest BCUT2D eigenvalue weighted by Crippen LogP contribution is 2.37. The van der Waals surface area contributed by atoms with Crippen LogP contribution in [0.2, 0.25) is 0 Å². The van der Waals surface area contributed by atoms with E-state index in [1.54, 1.807) is 19.1 Å². The maximum Gasteiger partial charge on any atom is 0.343 e. The van der Waals surface area contributed by atoms with Crippen molar-refractivity contribution in [1.82, 2.24) is 0 Å². The molecule has 2 aromatic rings. The maximum atomic E-state index is 12.6. The first-order valence-electron chi connectivity index (χ1n) is 7.62. The second-order valence-corrected chi connectivity index (χ2v) is 7.14. The average Bonchev–Trinajstić information content (AvgIpc) is 3.07. The van der Waals surface area contributed by atoms with Crippen LogP contribution in [-0.4, -0.2) is 34.9 Å². The SMILES string of the molecule is COC(=O)COc1ccc(S(=O)(=O)Nc2cc3c(cc2C)OCO3)cc1. The highest BCUT2D eigenvalue weighted by Gasteiger charge is 2.20. The molecule has 0 unspecified atom stereocenters. The smallest absolute Gasteiger partial charge is 0.343 e. The van der Waals surface area contributed by atoms with Gasteiger partial charge in [-0.2, -0.15) is 0 Å². The molecule has 8 nitrogen and oxygen atoms in total. The van der Waals surface area contributed by atoms with Gasteiger partial charge < -0.3 is 18.9 Å². The number of aryl methyl sites for hydroxylation is 1. The Hall–Kier alpha value is -2.94. The molecule has 3 rings (SSSR count). The molecule has 26 heavy (non-hydrogen) atoms. The maximum absolute atomic E-state index is 12.6. The third-order valence-corrected chi connectivity index (χ3v) is 5.06. The molecule has 0 aliphatic carbocycles. The van der Waals surface area contributed by atoms with Crippen LogP contribution in [0.15, 0.2) is 41.3 Å². The summed E-state index contributed by atoms with van der Waals surface area (Å²) in [6.45, 7) is 1.62. The fourth-order valence-electron chi connectivity index (χ4n) is 2.27. The third-order valence-electron chi connectivity index (χ3n) is 3.68. The monoisotopic (exact) mass is 379 g/mol. The molecule has 1 aliphatic rings. The zero-order valence-corrected chi connectivity index (χ0v) is 15.0. The molecule has 0 radical (unpaired) electrons. The van der Waals surface area contributed by atoms with Crippen molar-refractivity contribution < 1.29 is 32.2 Å². The predicted octanol–water partition coefficient (Wildman–Crippen LogP) is 2.08. The predicted molar refractivity (Wildman–Crippen MR) is 92.1 cm³/mol. The highest BCUT2D eigenvalue weighted by molar-refractivity contribution is 7.92. The molecular formula is C17H17NO7S. The van der Waals surface area contributed by atoms with Gasteiger partial charge in [-0.05, 0) is 42.8 Å². The Morgan fingerprint density at radius 2 is 1.81 bits per heavy atom. The van der Waals surface area contributed by atoms with Crippen molar-refractivity contribution in [3.63, 3.8) is 0 Å². The summed E-state index contributed by atoms with van der Waals surface area (Å²) in [4.78, 5) is 11.1. The largest absolute Gasteiger partial charge is 0.482 e. The van der Waals surface area contributed by atoms with Gasteiger partial charge in [-0.15, -0.1) is 0 Å². The number of esters is 1. The summed E-state index contributed by atoms with van der Waals surface area (Å²) in [5.74, 6) is 0.896. The number of ether oxygens (including phenoxy) is 4. The van der Waals surface area contributed by atoms with Crippen molar-refractivity contribution in [3.8, 4) is 17.2 Å². The van der Waals surface area contributed by atoms with E-state index in [1.165, 1.54) is 31.4 Å². The van der Waals surface area contributed by atoms with Gasteiger partial charge in [0.25, 0.3) is 10.0 Å². The molecule has 0 saturated carbocycles. The van der Waals surface area contributed by atoms with Gasteiger partial charge in [0.1, 0.15) is 5.75 Å². The quantitative estimate of drug-likeness (QED) is 0.767. The van der Waals surface area contributed by atoms with Crippen LogP contribution in [0.3, 0.4) is 0 Å². The van der Waals surface area contributed by atoms with Crippen LogP contribution in [0.25, 0.3) is 0 Å². The summed E-state index contributed by atoms with van der Waals surface area (Å²) in [6.07, 6.45) is 0. The molecular weight excluding hydrogens is 362 g/mol. The zero-order valence-electron chi connectivity index (χ0n) is 14.1. The second kappa shape index (κ2) is 7.12. The molecule has 138 valence electrons. The minimum Gasteiger partial charge on any atom is -0.482 e. The Labute approximate surface area is 150 Å². The molecule has 0 spiro atoms. The number of carbonyl (C=O) groups excluding carboxylic acids is 1. The average molecular weight is 379 g/mol. The molecule has 0 fully saturated rings. The zero-order chi connectivity index (χ0) is 18.7. The van der Waals surface area contributed by atoms with Crippen LogP contribution >= 0.6 is 0 Å². The topological polar surface area (TPSA) is 100 Å². The fourth-order valence-corrected chi connectivity index (χ4v) is 3.40. The number of fused-ring (bicyclic) bond motifs is 1. The van der Waals surface area contributed by atoms with E-state index in [0.29, 0.717) is 28.5 Å². The van der Waals surface area contributed by atoms with Gasteiger partial charge in [0.2, 0.25) is 6.79 Å². The van der Waals surface area contributed by atoms with Crippen LogP contribution in [0.4, 0.5) is 5.69 Å². The summed E-state index contributed by atoms with van der Waals surface area (Å²) in [5, 5.41) is 0. The molecule has 0 saturated heterocycles. The highest BCUT2D eigenvalue weighted by atomic mass is 32.2. The molecule has 2 aromatic carbocycles. The molecule has 1 heterocycles. The van der Waals surface area contributed by atoms with E-state index in [2.05, 4.69) is 9.46 Å². The molecule has 9 heteroatoms.